The first-order valence-electron chi connectivity index (χ1n) is 7.10. The van der Waals surface area contributed by atoms with Gasteiger partial charge in [-0.2, -0.15) is 11.8 Å². The van der Waals surface area contributed by atoms with Crippen LogP contribution in [-0.2, 0) is 5.75 Å². The molecule has 1 saturated carbocycles. The van der Waals surface area contributed by atoms with Gasteiger partial charge in [0, 0.05) is 5.25 Å². The second kappa shape index (κ2) is 6.15. The smallest absolute Gasteiger partial charge is 0.261 e. The summed E-state index contributed by atoms with van der Waals surface area (Å²) in [6.45, 7) is 0. The van der Waals surface area contributed by atoms with Crippen LogP contribution in [0, 0.1) is 5.82 Å². The molecule has 0 amide bonds. The van der Waals surface area contributed by atoms with E-state index in [-0.39, 0.29) is 11.5 Å². The van der Waals surface area contributed by atoms with E-state index in [0.29, 0.717) is 22.3 Å². The Bertz CT molecular complexity index is 696. The van der Waals surface area contributed by atoms with Crippen molar-refractivity contribution >= 4 is 22.7 Å². The Labute approximate surface area is 125 Å². The molecule has 2 aromatic rings. The Morgan fingerprint density at radius 2 is 2.10 bits per heavy atom. The van der Waals surface area contributed by atoms with E-state index in [1.807, 2.05) is 0 Å². The van der Waals surface area contributed by atoms with Crippen molar-refractivity contribution in [3.63, 3.8) is 0 Å². The van der Waals surface area contributed by atoms with Gasteiger partial charge in [0.15, 0.2) is 0 Å². The third-order valence-electron chi connectivity index (χ3n) is 3.83. The standard InChI is InChI=1S/C15H17FN2O2S/c16-11-2-1-3-12-14(11)15(20)18-13(17-12)8-21-10-6-4-9(19)5-7-10/h1-3,9-10,19H,4-8H2,(H,17,18,20). The highest BCUT2D eigenvalue weighted by Gasteiger charge is 2.20. The maximum Gasteiger partial charge on any atom is 0.261 e. The average molecular weight is 308 g/mol. The largest absolute Gasteiger partial charge is 0.393 e. The number of H-pyrrole nitrogens is 1. The molecule has 112 valence electrons. The second-order valence-corrected chi connectivity index (χ2v) is 6.68. The van der Waals surface area contributed by atoms with Gasteiger partial charge in [0.2, 0.25) is 0 Å². The predicted octanol–water partition coefficient (Wildman–Crippen LogP) is 2.60. The molecule has 3 rings (SSSR count). The van der Waals surface area contributed by atoms with Crippen molar-refractivity contribution in [3.8, 4) is 0 Å². The lowest BCUT2D eigenvalue weighted by atomic mass is 9.97. The van der Waals surface area contributed by atoms with E-state index in [2.05, 4.69) is 9.97 Å². The van der Waals surface area contributed by atoms with Crippen molar-refractivity contribution in [2.45, 2.75) is 42.8 Å². The summed E-state index contributed by atoms with van der Waals surface area (Å²) in [5.41, 5.74) is -0.0267. The minimum atomic E-state index is -0.540. The zero-order chi connectivity index (χ0) is 14.8. The summed E-state index contributed by atoms with van der Waals surface area (Å²) in [6.07, 6.45) is 3.48. The number of nitrogens with zero attached hydrogens (tertiary/aromatic N) is 1. The van der Waals surface area contributed by atoms with Crippen molar-refractivity contribution in [2.75, 3.05) is 0 Å². The number of hydrogen-bond acceptors (Lipinski definition) is 4. The van der Waals surface area contributed by atoms with Gasteiger partial charge in [-0.1, -0.05) is 6.07 Å². The van der Waals surface area contributed by atoms with Crippen molar-refractivity contribution < 1.29 is 9.50 Å². The van der Waals surface area contributed by atoms with E-state index >= 15 is 0 Å². The van der Waals surface area contributed by atoms with Gasteiger partial charge < -0.3 is 10.1 Å². The highest BCUT2D eigenvalue weighted by molar-refractivity contribution is 7.99. The molecule has 0 radical (unpaired) electrons. The van der Waals surface area contributed by atoms with E-state index in [9.17, 15) is 14.3 Å². The lowest BCUT2D eigenvalue weighted by Gasteiger charge is -2.24. The Kier molecular flexibility index (Phi) is 4.26. The number of aliphatic hydroxyl groups excluding tert-OH is 1. The van der Waals surface area contributed by atoms with Crippen LogP contribution in [0.5, 0.6) is 0 Å². The van der Waals surface area contributed by atoms with Gasteiger partial charge >= 0.3 is 0 Å². The molecule has 4 nitrogen and oxygen atoms in total. The Balaban J connectivity index is 1.74. The molecule has 0 bridgehead atoms. The average Bonchev–Trinajstić information content (AvgIpc) is 2.46. The van der Waals surface area contributed by atoms with Gasteiger partial charge in [0.25, 0.3) is 5.56 Å². The molecule has 1 fully saturated rings. The Morgan fingerprint density at radius 3 is 2.86 bits per heavy atom. The minimum Gasteiger partial charge on any atom is -0.393 e. The molecule has 0 spiro atoms. The fourth-order valence-corrected chi connectivity index (χ4v) is 3.81. The molecule has 1 aromatic heterocycles. The maximum absolute atomic E-state index is 13.6. The van der Waals surface area contributed by atoms with Crippen LogP contribution in [-0.4, -0.2) is 26.4 Å². The summed E-state index contributed by atoms with van der Waals surface area (Å²) in [5.74, 6) is 0.638. The van der Waals surface area contributed by atoms with Gasteiger partial charge in [-0.25, -0.2) is 9.37 Å². The molecule has 0 aliphatic heterocycles. The fraction of sp³-hybridized carbons (Fsp3) is 0.467. The molecule has 6 heteroatoms. The van der Waals surface area contributed by atoms with Gasteiger partial charge in [-0.15, -0.1) is 0 Å². The summed E-state index contributed by atoms with van der Waals surface area (Å²) in [4.78, 5) is 18.9. The van der Waals surface area contributed by atoms with Gasteiger partial charge in [0.1, 0.15) is 17.0 Å². The summed E-state index contributed by atoms with van der Waals surface area (Å²) in [5, 5.41) is 10.00. The lowest BCUT2D eigenvalue weighted by molar-refractivity contribution is 0.132. The highest BCUT2D eigenvalue weighted by Crippen LogP contribution is 2.30. The van der Waals surface area contributed by atoms with Crippen LogP contribution in [0.15, 0.2) is 23.0 Å². The number of aliphatic hydroxyl groups is 1. The molecule has 1 aromatic carbocycles. The molecule has 1 aliphatic rings. The Morgan fingerprint density at radius 1 is 1.33 bits per heavy atom. The number of fused-ring (bicyclic) bond motifs is 1. The zero-order valence-corrected chi connectivity index (χ0v) is 12.3. The van der Waals surface area contributed by atoms with Crippen molar-refractivity contribution in [1.82, 2.24) is 9.97 Å². The molecule has 0 unspecified atom stereocenters. The van der Waals surface area contributed by atoms with E-state index in [1.165, 1.54) is 6.07 Å². The highest BCUT2D eigenvalue weighted by atomic mass is 32.2. The van der Waals surface area contributed by atoms with Crippen LogP contribution in [0.2, 0.25) is 0 Å². The van der Waals surface area contributed by atoms with Crippen LogP contribution in [0.4, 0.5) is 4.39 Å². The number of nitrogens with one attached hydrogen (secondary N) is 1. The van der Waals surface area contributed by atoms with Gasteiger partial charge in [0.05, 0.1) is 17.4 Å². The molecule has 2 N–H and O–H groups in total. The molecule has 21 heavy (non-hydrogen) atoms. The van der Waals surface area contributed by atoms with Crippen LogP contribution < -0.4 is 5.56 Å². The third-order valence-corrected chi connectivity index (χ3v) is 5.21. The molecule has 0 saturated heterocycles. The van der Waals surface area contributed by atoms with E-state index in [4.69, 9.17) is 0 Å². The summed E-state index contributed by atoms with van der Waals surface area (Å²) in [7, 11) is 0. The molecular weight excluding hydrogens is 291 g/mol. The molecule has 0 atom stereocenters. The van der Waals surface area contributed by atoms with Crippen LogP contribution in [0.25, 0.3) is 10.9 Å². The van der Waals surface area contributed by atoms with E-state index < -0.39 is 11.4 Å². The number of thioether (sulfide) groups is 1. The number of benzene rings is 1. The van der Waals surface area contributed by atoms with Crippen LogP contribution >= 0.6 is 11.8 Å². The number of halogens is 1. The lowest BCUT2D eigenvalue weighted by Crippen LogP contribution is -2.20. The quantitative estimate of drug-likeness (QED) is 0.914. The van der Waals surface area contributed by atoms with E-state index in [0.717, 1.165) is 25.7 Å². The Hall–Kier alpha value is -1.40. The summed E-state index contributed by atoms with van der Waals surface area (Å²) >= 11 is 1.74. The first kappa shape index (κ1) is 14.5. The monoisotopic (exact) mass is 308 g/mol. The molecule has 1 aliphatic carbocycles. The van der Waals surface area contributed by atoms with Crippen molar-refractivity contribution in [3.05, 3.63) is 40.2 Å². The maximum atomic E-state index is 13.6. The van der Waals surface area contributed by atoms with Crippen molar-refractivity contribution in [2.24, 2.45) is 0 Å². The SMILES string of the molecule is O=c1[nH]c(CSC2CCC(O)CC2)nc2cccc(F)c12. The van der Waals surface area contributed by atoms with Crippen LogP contribution in [0.1, 0.15) is 31.5 Å². The molecule has 1 heterocycles. The van der Waals surface area contributed by atoms with Crippen LogP contribution in [0.3, 0.4) is 0 Å². The summed E-state index contributed by atoms with van der Waals surface area (Å²) in [6, 6.07) is 4.48. The molecular formula is C15H17FN2O2S. The third kappa shape index (κ3) is 3.27. The number of rotatable bonds is 3. The first-order valence-corrected chi connectivity index (χ1v) is 8.15. The second-order valence-electron chi connectivity index (χ2n) is 5.39. The van der Waals surface area contributed by atoms with Gasteiger partial charge in [-0.3, -0.25) is 4.79 Å². The minimum absolute atomic E-state index is 0.0204. The summed E-state index contributed by atoms with van der Waals surface area (Å²) < 4.78 is 13.6. The fourth-order valence-electron chi connectivity index (χ4n) is 2.67. The van der Waals surface area contributed by atoms with Crippen molar-refractivity contribution in [1.29, 1.82) is 0 Å². The normalized spacial score (nSPS) is 22.6. The number of aromatic nitrogens is 2. The number of hydrogen-bond donors (Lipinski definition) is 2. The predicted molar refractivity (Wildman–Crippen MR) is 81.9 cm³/mol. The zero-order valence-electron chi connectivity index (χ0n) is 11.5. The number of aromatic amines is 1. The van der Waals surface area contributed by atoms with Gasteiger partial charge in [-0.05, 0) is 37.8 Å². The van der Waals surface area contributed by atoms with E-state index in [1.54, 1.807) is 23.9 Å². The first-order chi connectivity index (χ1) is 10.1. The topological polar surface area (TPSA) is 66.0 Å².